The van der Waals surface area contributed by atoms with Crippen LogP contribution < -0.4 is 5.73 Å². The molecule has 2 rings (SSSR count). The molecule has 0 bridgehead atoms. The Morgan fingerprint density at radius 1 is 1.50 bits per heavy atom. The molecule has 1 amide bonds. The molecule has 1 aliphatic rings. The molecule has 5 heteroatoms. The van der Waals surface area contributed by atoms with Gasteiger partial charge < -0.3 is 10.6 Å². The molecule has 1 aromatic heterocycles. The number of carbonyl (C=O) groups excluding carboxylic acids is 1. The standard InChI is InChI=1S/C15H26N4O/c1-5-13-11(9-18(4)17-13)15-12(16)6-7-14(20)19(15)8-10(2)3/h9-10,12,15H,5-8,16H2,1-4H3. The average molecular weight is 278 g/mol. The SMILES string of the molecule is CCc1nn(C)cc1C1C(N)CCC(=O)N1CC(C)C. The van der Waals surface area contributed by atoms with Gasteiger partial charge in [0.1, 0.15) is 0 Å². The van der Waals surface area contributed by atoms with Crippen LogP contribution in [0.15, 0.2) is 6.20 Å². The quantitative estimate of drug-likeness (QED) is 0.910. The Kier molecular flexibility index (Phi) is 4.48. The van der Waals surface area contributed by atoms with Crippen molar-refractivity contribution in [3.63, 3.8) is 0 Å². The van der Waals surface area contributed by atoms with E-state index in [0.717, 1.165) is 30.6 Å². The van der Waals surface area contributed by atoms with Crippen LogP contribution in [0.4, 0.5) is 0 Å². The number of piperidine rings is 1. The number of aromatic nitrogens is 2. The number of hydrogen-bond acceptors (Lipinski definition) is 3. The smallest absolute Gasteiger partial charge is 0.223 e. The van der Waals surface area contributed by atoms with E-state index in [-0.39, 0.29) is 18.0 Å². The number of amides is 1. The van der Waals surface area contributed by atoms with Crippen LogP contribution in [-0.4, -0.2) is 33.2 Å². The van der Waals surface area contributed by atoms with E-state index in [1.54, 1.807) is 0 Å². The van der Waals surface area contributed by atoms with Crippen molar-refractivity contribution in [3.8, 4) is 0 Å². The maximum absolute atomic E-state index is 12.3. The minimum Gasteiger partial charge on any atom is -0.334 e. The van der Waals surface area contributed by atoms with Crippen LogP contribution in [0.5, 0.6) is 0 Å². The number of rotatable bonds is 4. The molecule has 0 radical (unpaired) electrons. The fourth-order valence-corrected chi connectivity index (χ4v) is 3.06. The van der Waals surface area contributed by atoms with Crippen LogP contribution in [0, 0.1) is 5.92 Å². The maximum Gasteiger partial charge on any atom is 0.223 e. The van der Waals surface area contributed by atoms with Crippen molar-refractivity contribution < 1.29 is 4.79 Å². The Bertz CT molecular complexity index is 480. The summed E-state index contributed by atoms with van der Waals surface area (Å²) in [5.74, 6) is 0.657. The molecule has 1 saturated heterocycles. The summed E-state index contributed by atoms with van der Waals surface area (Å²) in [6.07, 6.45) is 4.21. The van der Waals surface area contributed by atoms with E-state index in [1.165, 1.54) is 0 Å². The Morgan fingerprint density at radius 2 is 2.20 bits per heavy atom. The molecule has 0 spiro atoms. The molecule has 5 nitrogen and oxygen atoms in total. The molecule has 112 valence electrons. The third-order valence-corrected chi connectivity index (χ3v) is 3.91. The summed E-state index contributed by atoms with van der Waals surface area (Å²) < 4.78 is 1.83. The molecule has 1 aromatic rings. The van der Waals surface area contributed by atoms with Crippen LogP contribution in [0.3, 0.4) is 0 Å². The van der Waals surface area contributed by atoms with Gasteiger partial charge in [-0.3, -0.25) is 9.48 Å². The van der Waals surface area contributed by atoms with E-state index in [1.807, 2.05) is 22.8 Å². The van der Waals surface area contributed by atoms with Crippen LogP contribution in [-0.2, 0) is 18.3 Å². The fraction of sp³-hybridized carbons (Fsp3) is 0.733. The summed E-state index contributed by atoms with van der Waals surface area (Å²) in [5, 5.41) is 4.50. The van der Waals surface area contributed by atoms with Gasteiger partial charge in [-0.05, 0) is 18.8 Å². The minimum atomic E-state index is -0.0256. The highest BCUT2D eigenvalue weighted by Gasteiger charge is 2.36. The highest BCUT2D eigenvalue weighted by atomic mass is 16.2. The lowest BCUT2D eigenvalue weighted by Gasteiger charge is -2.40. The van der Waals surface area contributed by atoms with Crippen LogP contribution in [0.2, 0.25) is 0 Å². The van der Waals surface area contributed by atoms with Crippen LogP contribution in [0.1, 0.15) is 50.9 Å². The molecular formula is C15H26N4O. The highest BCUT2D eigenvalue weighted by Crippen LogP contribution is 2.33. The third kappa shape index (κ3) is 2.87. The van der Waals surface area contributed by atoms with Gasteiger partial charge in [-0.2, -0.15) is 5.10 Å². The average Bonchev–Trinajstić information content (AvgIpc) is 2.74. The van der Waals surface area contributed by atoms with Crippen molar-refractivity contribution in [2.45, 2.75) is 52.1 Å². The molecule has 1 aliphatic heterocycles. The van der Waals surface area contributed by atoms with Crippen molar-refractivity contribution in [1.29, 1.82) is 0 Å². The highest BCUT2D eigenvalue weighted by molar-refractivity contribution is 5.78. The van der Waals surface area contributed by atoms with Gasteiger partial charge in [-0.15, -0.1) is 0 Å². The maximum atomic E-state index is 12.3. The molecule has 0 saturated carbocycles. The Balaban J connectivity index is 2.38. The molecule has 1 fully saturated rings. The van der Waals surface area contributed by atoms with Gasteiger partial charge in [-0.25, -0.2) is 0 Å². The largest absolute Gasteiger partial charge is 0.334 e. The van der Waals surface area contributed by atoms with E-state index in [9.17, 15) is 4.79 Å². The normalized spacial score (nSPS) is 23.7. The predicted molar refractivity (Wildman–Crippen MR) is 79.1 cm³/mol. The zero-order valence-corrected chi connectivity index (χ0v) is 13.0. The Morgan fingerprint density at radius 3 is 2.80 bits per heavy atom. The summed E-state index contributed by atoms with van der Waals surface area (Å²) in [7, 11) is 1.92. The topological polar surface area (TPSA) is 64.2 Å². The summed E-state index contributed by atoms with van der Waals surface area (Å²) in [6.45, 7) is 7.12. The van der Waals surface area contributed by atoms with E-state index < -0.39 is 0 Å². The number of nitrogens with two attached hydrogens (primary N) is 1. The summed E-state index contributed by atoms with van der Waals surface area (Å²) >= 11 is 0. The molecule has 20 heavy (non-hydrogen) atoms. The van der Waals surface area contributed by atoms with Crippen LogP contribution >= 0.6 is 0 Å². The number of likely N-dealkylation sites (tertiary alicyclic amines) is 1. The number of aryl methyl sites for hydroxylation is 2. The fourth-order valence-electron chi connectivity index (χ4n) is 3.06. The van der Waals surface area contributed by atoms with E-state index in [0.29, 0.717) is 12.3 Å². The minimum absolute atomic E-state index is 0.000880. The Labute approximate surface area is 121 Å². The summed E-state index contributed by atoms with van der Waals surface area (Å²) in [5.41, 5.74) is 8.51. The molecule has 0 aromatic carbocycles. The van der Waals surface area contributed by atoms with Crippen molar-refractivity contribution in [2.24, 2.45) is 18.7 Å². The second kappa shape index (κ2) is 5.95. The zero-order chi connectivity index (χ0) is 14.9. The van der Waals surface area contributed by atoms with Crippen LogP contribution in [0.25, 0.3) is 0 Å². The van der Waals surface area contributed by atoms with Crippen molar-refractivity contribution in [3.05, 3.63) is 17.5 Å². The predicted octanol–water partition coefficient (Wildman–Crippen LogP) is 1.63. The van der Waals surface area contributed by atoms with Gasteiger partial charge in [0, 0.05) is 37.8 Å². The monoisotopic (exact) mass is 278 g/mol. The van der Waals surface area contributed by atoms with Gasteiger partial charge >= 0.3 is 0 Å². The van der Waals surface area contributed by atoms with Crippen molar-refractivity contribution >= 4 is 5.91 Å². The molecular weight excluding hydrogens is 252 g/mol. The first-order valence-corrected chi connectivity index (χ1v) is 7.51. The van der Waals surface area contributed by atoms with Crippen molar-refractivity contribution in [2.75, 3.05) is 6.54 Å². The molecule has 2 unspecified atom stereocenters. The Hall–Kier alpha value is -1.36. The van der Waals surface area contributed by atoms with Gasteiger partial charge in [0.2, 0.25) is 5.91 Å². The van der Waals surface area contributed by atoms with E-state index >= 15 is 0 Å². The van der Waals surface area contributed by atoms with E-state index in [2.05, 4.69) is 25.9 Å². The second-order valence-corrected chi connectivity index (χ2v) is 6.15. The van der Waals surface area contributed by atoms with Gasteiger partial charge in [0.05, 0.1) is 11.7 Å². The first kappa shape index (κ1) is 15.0. The lowest BCUT2D eigenvalue weighted by atomic mass is 9.89. The lowest BCUT2D eigenvalue weighted by Crippen LogP contribution is -2.50. The lowest BCUT2D eigenvalue weighted by molar-refractivity contribution is -0.138. The first-order valence-electron chi connectivity index (χ1n) is 7.51. The van der Waals surface area contributed by atoms with Gasteiger partial charge in [0.25, 0.3) is 0 Å². The molecule has 2 atom stereocenters. The van der Waals surface area contributed by atoms with Gasteiger partial charge in [0.15, 0.2) is 0 Å². The zero-order valence-electron chi connectivity index (χ0n) is 13.0. The first-order chi connectivity index (χ1) is 9.43. The number of nitrogens with zero attached hydrogens (tertiary/aromatic N) is 3. The number of hydrogen-bond donors (Lipinski definition) is 1. The van der Waals surface area contributed by atoms with E-state index in [4.69, 9.17) is 5.73 Å². The molecule has 2 heterocycles. The van der Waals surface area contributed by atoms with Gasteiger partial charge in [-0.1, -0.05) is 20.8 Å². The molecule has 0 aliphatic carbocycles. The summed E-state index contributed by atoms with van der Waals surface area (Å²) in [4.78, 5) is 14.3. The molecule has 2 N–H and O–H groups in total. The second-order valence-electron chi connectivity index (χ2n) is 6.15. The third-order valence-electron chi connectivity index (χ3n) is 3.91. The summed E-state index contributed by atoms with van der Waals surface area (Å²) in [6, 6.07) is -0.0248. The van der Waals surface area contributed by atoms with Crippen molar-refractivity contribution in [1.82, 2.24) is 14.7 Å². The number of carbonyl (C=O) groups is 1.